The minimum Gasteiger partial charge on any atom is -0.438 e. The van der Waals surface area contributed by atoms with Gasteiger partial charge in [0, 0.05) is 21.7 Å². The summed E-state index contributed by atoms with van der Waals surface area (Å²) in [6.45, 7) is 0. The van der Waals surface area contributed by atoms with Crippen molar-refractivity contribution in [1.82, 2.24) is 0 Å². The van der Waals surface area contributed by atoms with Crippen molar-refractivity contribution >= 4 is 17.4 Å². The highest BCUT2D eigenvalue weighted by Crippen LogP contribution is 2.29. The van der Waals surface area contributed by atoms with Crippen molar-refractivity contribution in [3.05, 3.63) is 113 Å². The smallest absolute Gasteiger partial charge is 0.223 e. The molecule has 0 aliphatic rings. The van der Waals surface area contributed by atoms with Crippen LogP contribution in [-0.2, 0) is 0 Å². The van der Waals surface area contributed by atoms with Gasteiger partial charge in [-0.25, -0.2) is 0 Å². The Hall–Kier alpha value is -3.43. The number of ketones is 1. The van der Waals surface area contributed by atoms with Crippen LogP contribution in [0.2, 0.25) is 5.02 Å². The summed E-state index contributed by atoms with van der Waals surface area (Å²) in [6, 6.07) is 27.6. The molecule has 0 aliphatic carbocycles. The first-order chi connectivity index (χ1) is 13.6. The zero-order valence-electron chi connectivity index (χ0n) is 14.9. The fourth-order valence-corrected chi connectivity index (χ4v) is 3.20. The van der Waals surface area contributed by atoms with Crippen LogP contribution in [0.1, 0.15) is 15.9 Å². The molecular weight excluding hydrogens is 370 g/mol. The number of hydrogen-bond donors (Lipinski definition) is 1. The third kappa shape index (κ3) is 3.53. The molecule has 4 aromatic rings. The van der Waals surface area contributed by atoms with Crippen molar-refractivity contribution < 1.29 is 9.21 Å². The van der Waals surface area contributed by atoms with Gasteiger partial charge in [0.05, 0.1) is 5.56 Å². The summed E-state index contributed by atoms with van der Waals surface area (Å²) in [6.07, 6.45) is 0. The highest BCUT2D eigenvalue weighted by molar-refractivity contribution is 6.30. The molecule has 28 heavy (non-hydrogen) atoms. The Morgan fingerprint density at radius 1 is 0.786 bits per heavy atom. The van der Waals surface area contributed by atoms with Crippen LogP contribution in [-0.4, -0.2) is 5.78 Å². The molecule has 0 saturated heterocycles. The van der Waals surface area contributed by atoms with Crippen molar-refractivity contribution in [2.24, 2.45) is 0 Å². The van der Waals surface area contributed by atoms with Crippen LogP contribution in [0.4, 0.5) is 0 Å². The van der Waals surface area contributed by atoms with Crippen LogP contribution in [0.3, 0.4) is 0 Å². The average molecular weight is 386 g/mol. The second kappa shape index (κ2) is 7.67. The third-order valence-corrected chi connectivity index (χ3v) is 4.71. The lowest BCUT2D eigenvalue weighted by molar-refractivity contribution is 0.103. The summed E-state index contributed by atoms with van der Waals surface area (Å²) in [4.78, 5) is 13.2. The van der Waals surface area contributed by atoms with Crippen LogP contribution >= 0.6 is 11.6 Å². The summed E-state index contributed by atoms with van der Waals surface area (Å²) in [5.74, 6) is 0.265. The topological polar surface area (TPSA) is 54.1 Å². The zero-order chi connectivity index (χ0) is 19.5. The Bertz CT molecular complexity index is 1180. The quantitative estimate of drug-likeness (QED) is 0.439. The lowest BCUT2D eigenvalue weighted by atomic mass is 9.94. The Kier molecular flexibility index (Phi) is 4.92. The maximum absolute atomic E-state index is 13.2. The minimum atomic E-state index is -0.274. The zero-order valence-corrected chi connectivity index (χ0v) is 15.6. The Morgan fingerprint density at radius 3 is 1.96 bits per heavy atom. The molecule has 3 aromatic carbocycles. The van der Waals surface area contributed by atoms with Crippen molar-refractivity contribution in [3.8, 4) is 22.5 Å². The van der Waals surface area contributed by atoms with Crippen molar-refractivity contribution in [2.45, 2.75) is 0 Å². The predicted molar refractivity (Wildman–Crippen MR) is 110 cm³/mol. The van der Waals surface area contributed by atoms with E-state index in [1.807, 2.05) is 66.7 Å². The van der Waals surface area contributed by atoms with Gasteiger partial charge in [-0.1, -0.05) is 72.3 Å². The fraction of sp³-hybridized carbons (Fsp3) is 0. The molecule has 0 saturated carbocycles. The molecule has 1 aromatic heterocycles. The second-order valence-corrected chi connectivity index (χ2v) is 6.73. The lowest BCUT2D eigenvalue weighted by Crippen LogP contribution is -2.17. The summed E-state index contributed by atoms with van der Waals surface area (Å²) in [7, 11) is 0. The summed E-state index contributed by atoms with van der Waals surface area (Å²) >= 11 is 5.94. The number of nitrogens with one attached hydrogen (secondary N) is 1. The van der Waals surface area contributed by atoms with Crippen LogP contribution < -0.4 is 5.55 Å². The van der Waals surface area contributed by atoms with Gasteiger partial charge < -0.3 is 4.42 Å². The first-order valence-corrected chi connectivity index (χ1v) is 9.15. The maximum atomic E-state index is 13.2. The van der Waals surface area contributed by atoms with E-state index in [2.05, 4.69) is 0 Å². The van der Waals surface area contributed by atoms with Crippen LogP contribution in [0.25, 0.3) is 22.5 Å². The molecular formula is C24H16ClNO2. The SMILES string of the molecule is N=c1oc(-c2ccccc2)cc(-c2ccccc2)c1C(=O)c1ccc(Cl)cc1. The normalized spacial score (nSPS) is 10.6. The van der Waals surface area contributed by atoms with Crippen LogP contribution in [0.15, 0.2) is 95.4 Å². The first-order valence-electron chi connectivity index (χ1n) is 8.77. The van der Waals surface area contributed by atoms with E-state index in [-0.39, 0.29) is 16.9 Å². The van der Waals surface area contributed by atoms with Crippen molar-refractivity contribution in [3.63, 3.8) is 0 Å². The van der Waals surface area contributed by atoms with Crippen LogP contribution in [0.5, 0.6) is 0 Å². The minimum absolute atomic E-state index is 0.167. The van der Waals surface area contributed by atoms with Gasteiger partial charge in [0.2, 0.25) is 5.55 Å². The summed E-state index contributed by atoms with van der Waals surface area (Å²) < 4.78 is 5.74. The molecule has 0 aliphatic heterocycles. The first kappa shape index (κ1) is 18.0. The summed E-state index contributed by atoms with van der Waals surface area (Å²) in [5.41, 5.74) is 2.88. The molecule has 1 N–H and O–H groups in total. The van der Waals surface area contributed by atoms with Gasteiger partial charge in [0.1, 0.15) is 5.76 Å². The molecule has 0 fully saturated rings. The molecule has 0 bridgehead atoms. The molecule has 0 amide bonds. The van der Waals surface area contributed by atoms with E-state index >= 15 is 0 Å². The number of carbonyl (C=O) groups excluding carboxylic acids is 1. The number of carbonyl (C=O) groups is 1. The molecule has 4 rings (SSSR count). The van der Waals surface area contributed by atoms with Crippen LogP contribution in [0, 0.1) is 5.41 Å². The van der Waals surface area contributed by atoms with Gasteiger partial charge >= 0.3 is 0 Å². The molecule has 0 atom stereocenters. The predicted octanol–water partition coefficient (Wildman–Crippen LogP) is 5.98. The number of rotatable bonds is 4. The van der Waals surface area contributed by atoms with E-state index < -0.39 is 0 Å². The monoisotopic (exact) mass is 385 g/mol. The van der Waals surface area contributed by atoms with E-state index in [1.54, 1.807) is 24.3 Å². The van der Waals surface area contributed by atoms with E-state index in [1.165, 1.54) is 0 Å². The number of halogens is 1. The molecule has 1 heterocycles. The molecule has 4 heteroatoms. The molecule has 136 valence electrons. The van der Waals surface area contributed by atoms with E-state index in [0.29, 0.717) is 21.9 Å². The Balaban J connectivity index is 1.94. The third-order valence-electron chi connectivity index (χ3n) is 4.46. The van der Waals surface area contributed by atoms with Crippen molar-refractivity contribution in [2.75, 3.05) is 0 Å². The van der Waals surface area contributed by atoms with Gasteiger partial charge in [-0.05, 0) is 35.9 Å². The standard InChI is InChI=1S/C24H16ClNO2/c25-19-13-11-18(12-14-19)23(27)22-20(16-7-3-1-4-8-16)15-21(28-24(22)26)17-9-5-2-6-10-17/h1-15,26H. The number of benzene rings is 3. The van der Waals surface area contributed by atoms with Gasteiger partial charge in [0.25, 0.3) is 0 Å². The molecule has 0 unspecified atom stereocenters. The van der Waals surface area contributed by atoms with Gasteiger partial charge in [0.15, 0.2) is 5.78 Å². The second-order valence-electron chi connectivity index (χ2n) is 6.30. The molecule has 0 radical (unpaired) electrons. The average Bonchev–Trinajstić information content (AvgIpc) is 2.74. The highest BCUT2D eigenvalue weighted by Gasteiger charge is 2.20. The largest absolute Gasteiger partial charge is 0.438 e. The van der Waals surface area contributed by atoms with Gasteiger partial charge in [-0.2, -0.15) is 0 Å². The molecule has 0 spiro atoms. The fourth-order valence-electron chi connectivity index (χ4n) is 3.08. The van der Waals surface area contributed by atoms with Gasteiger partial charge in [-0.3, -0.25) is 10.2 Å². The Morgan fingerprint density at radius 2 is 1.36 bits per heavy atom. The highest BCUT2D eigenvalue weighted by atomic mass is 35.5. The van der Waals surface area contributed by atoms with E-state index in [0.717, 1.165) is 11.1 Å². The van der Waals surface area contributed by atoms with Crippen molar-refractivity contribution in [1.29, 1.82) is 5.41 Å². The number of hydrogen-bond acceptors (Lipinski definition) is 3. The maximum Gasteiger partial charge on any atom is 0.223 e. The molecule has 3 nitrogen and oxygen atoms in total. The summed E-state index contributed by atoms with van der Waals surface area (Å²) in [5, 5.41) is 9.01. The Labute approximate surface area is 167 Å². The van der Waals surface area contributed by atoms with E-state index in [9.17, 15) is 4.79 Å². The van der Waals surface area contributed by atoms with E-state index in [4.69, 9.17) is 21.4 Å². The van der Waals surface area contributed by atoms with Gasteiger partial charge in [-0.15, -0.1) is 0 Å². The lowest BCUT2D eigenvalue weighted by Gasteiger charge is -2.11.